The predicted octanol–water partition coefficient (Wildman–Crippen LogP) is 3.99. The average Bonchev–Trinajstić information content (AvgIpc) is 2.46. The van der Waals surface area contributed by atoms with Crippen molar-refractivity contribution in [2.75, 3.05) is 24.6 Å². The van der Waals surface area contributed by atoms with Gasteiger partial charge in [0.15, 0.2) is 0 Å². The summed E-state index contributed by atoms with van der Waals surface area (Å²) in [6.07, 6.45) is 20.7. The first-order chi connectivity index (χ1) is 9.24. The van der Waals surface area contributed by atoms with E-state index in [-0.39, 0.29) is 24.0 Å². The van der Waals surface area contributed by atoms with Crippen LogP contribution in [0.5, 0.6) is 0 Å². The molecular formula is C18H40IP. The van der Waals surface area contributed by atoms with Crippen LogP contribution in [0.3, 0.4) is 0 Å². The van der Waals surface area contributed by atoms with Crippen LogP contribution in [-0.4, -0.2) is 24.6 Å². The normalized spacial score (nSPS) is 11.4. The molecule has 0 aliphatic heterocycles. The summed E-state index contributed by atoms with van der Waals surface area (Å²) in [7, 11) is -0.513. The van der Waals surface area contributed by atoms with E-state index in [2.05, 4.69) is 27.7 Å². The highest BCUT2D eigenvalue weighted by Gasteiger charge is 2.29. The highest BCUT2D eigenvalue weighted by Crippen LogP contribution is 2.58. The largest absolute Gasteiger partial charge is 1.00 e. The molecule has 124 valence electrons. The lowest BCUT2D eigenvalue weighted by Gasteiger charge is -2.23. The molecule has 0 atom stereocenters. The number of hydrogen-bond donors (Lipinski definition) is 0. The maximum absolute atomic E-state index is 2.43. The Kier molecular flexibility index (Phi) is 19.4. The Hall–Kier alpha value is 1.16. The molecule has 0 aromatic heterocycles. The SMILES string of the molecule is CCCCCCCCCCCC[P+](CC)(CC)CC.[I-]. The van der Waals surface area contributed by atoms with Crippen molar-refractivity contribution in [2.24, 2.45) is 0 Å². The van der Waals surface area contributed by atoms with Gasteiger partial charge in [-0.15, -0.1) is 0 Å². The highest BCUT2D eigenvalue weighted by molar-refractivity contribution is 7.75. The van der Waals surface area contributed by atoms with Crippen molar-refractivity contribution < 1.29 is 24.0 Å². The standard InChI is InChI=1S/C18H40P.HI/c1-5-9-10-11-12-13-14-15-16-17-18-19(6-2,7-3)8-4;/h5-18H2,1-4H3;1H/q+1;/p-1. The fourth-order valence-electron chi connectivity index (χ4n) is 3.08. The zero-order valence-electron chi connectivity index (χ0n) is 14.7. The first-order valence-electron chi connectivity index (χ1n) is 9.09. The molecule has 0 heterocycles. The van der Waals surface area contributed by atoms with E-state index in [4.69, 9.17) is 0 Å². The van der Waals surface area contributed by atoms with Crippen molar-refractivity contribution >= 4 is 7.26 Å². The van der Waals surface area contributed by atoms with Gasteiger partial charge in [0.25, 0.3) is 0 Å². The van der Waals surface area contributed by atoms with E-state index >= 15 is 0 Å². The van der Waals surface area contributed by atoms with Crippen LogP contribution < -0.4 is 24.0 Å². The van der Waals surface area contributed by atoms with Crippen molar-refractivity contribution in [1.82, 2.24) is 0 Å². The van der Waals surface area contributed by atoms with Crippen LogP contribution in [0.15, 0.2) is 0 Å². The minimum absolute atomic E-state index is 0. The van der Waals surface area contributed by atoms with Gasteiger partial charge >= 0.3 is 0 Å². The Labute approximate surface area is 147 Å². The lowest BCUT2D eigenvalue weighted by Crippen LogP contribution is -3.00. The molecular weight excluding hydrogens is 374 g/mol. The second-order valence-corrected chi connectivity index (χ2v) is 11.2. The monoisotopic (exact) mass is 414 g/mol. The van der Waals surface area contributed by atoms with Gasteiger partial charge in [-0.3, -0.25) is 0 Å². The molecule has 0 saturated carbocycles. The summed E-state index contributed by atoms with van der Waals surface area (Å²) in [5.41, 5.74) is 0. The van der Waals surface area contributed by atoms with Crippen LogP contribution in [0, 0.1) is 0 Å². The molecule has 0 fully saturated rings. The molecule has 0 saturated heterocycles. The second kappa shape index (κ2) is 16.5. The van der Waals surface area contributed by atoms with Gasteiger partial charge in [-0.05, 0) is 33.6 Å². The van der Waals surface area contributed by atoms with Gasteiger partial charge in [-0.25, -0.2) is 0 Å². The summed E-state index contributed by atoms with van der Waals surface area (Å²) in [6.45, 7) is 9.58. The van der Waals surface area contributed by atoms with Crippen LogP contribution in [0.4, 0.5) is 0 Å². The van der Waals surface area contributed by atoms with E-state index in [0.29, 0.717) is 0 Å². The Morgan fingerprint density at radius 3 is 1.20 bits per heavy atom. The van der Waals surface area contributed by atoms with E-state index in [1.54, 1.807) is 6.16 Å². The van der Waals surface area contributed by atoms with E-state index < -0.39 is 7.26 Å². The van der Waals surface area contributed by atoms with E-state index in [9.17, 15) is 0 Å². The van der Waals surface area contributed by atoms with Gasteiger partial charge in [0, 0.05) is 7.26 Å². The quantitative estimate of drug-likeness (QED) is 0.229. The van der Waals surface area contributed by atoms with E-state index in [1.165, 1.54) is 82.7 Å². The zero-order chi connectivity index (χ0) is 14.4. The van der Waals surface area contributed by atoms with Crippen LogP contribution in [0.25, 0.3) is 0 Å². The van der Waals surface area contributed by atoms with Crippen LogP contribution in [-0.2, 0) is 0 Å². The second-order valence-electron chi connectivity index (χ2n) is 6.20. The third kappa shape index (κ3) is 11.8. The topological polar surface area (TPSA) is 0 Å². The van der Waals surface area contributed by atoms with Crippen LogP contribution >= 0.6 is 7.26 Å². The highest BCUT2D eigenvalue weighted by atomic mass is 127. The van der Waals surface area contributed by atoms with Gasteiger partial charge in [-0.2, -0.15) is 0 Å². The summed E-state index contributed by atoms with van der Waals surface area (Å²) in [5, 5.41) is 0. The molecule has 20 heavy (non-hydrogen) atoms. The van der Waals surface area contributed by atoms with Gasteiger partial charge in [-0.1, -0.05) is 58.3 Å². The molecule has 0 rings (SSSR count). The summed E-state index contributed by atoms with van der Waals surface area (Å²) >= 11 is 0. The van der Waals surface area contributed by atoms with Crippen molar-refractivity contribution in [3.8, 4) is 0 Å². The maximum atomic E-state index is 2.43. The lowest BCUT2D eigenvalue weighted by atomic mass is 10.1. The summed E-state index contributed by atoms with van der Waals surface area (Å²) < 4.78 is 0. The molecule has 2 heteroatoms. The smallest absolute Gasteiger partial charge is 0.0594 e. The van der Waals surface area contributed by atoms with Crippen molar-refractivity contribution in [3.63, 3.8) is 0 Å². The Morgan fingerprint density at radius 2 is 0.850 bits per heavy atom. The first-order valence-corrected chi connectivity index (χ1v) is 11.6. The predicted molar refractivity (Wildman–Crippen MR) is 95.3 cm³/mol. The third-order valence-electron chi connectivity index (χ3n) is 5.00. The average molecular weight is 414 g/mol. The summed E-state index contributed by atoms with van der Waals surface area (Å²) in [4.78, 5) is 0. The molecule has 0 aromatic carbocycles. The summed E-state index contributed by atoms with van der Waals surface area (Å²) in [6, 6.07) is 0. The molecule has 0 radical (unpaired) electrons. The lowest BCUT2D eigenvalue weighted by molar-refractivity contribution is -0.00000443. The van der Waals surface area contributed by atoms with Gasteiger partial charge in [0.05, 0.1) is 24.6 Å². The van der Waals surface area contributed by atoms with Crippen LogP contribution in [0.1, 0.15) is 91.9 Å². The van der Waals surface area contributed by atoms with E-state index in [0.717, 1.165) is 0 Å². The molecule has 0 N–H and O–H groups in total. The first kappa shape index (κ1) is 23.4. The fraction of sp³-hybridized carbons (Fsp3) is 1.00. The third-order valence-corrected chi connectivity index (χ3v) is 10.3. The number of unbranched alkanes of at least 4 members (excludes halogenated alkanes) is 9. The minimum atomic E-state index is -0.513. The van der Waals surface area contributed by atoms with Crippen LogP contribution in [0.2, 0.25) is 0 Å². The number of halogens is 1. The van der Waals surface area contributed by atoms with Gasteiger partial charge in [0.2, 0.25) is 0 Å². The molecule has 0 aliphatic rings. The maximum Gasteiger partial charge on any atom is 0.0594 e. The molecule has 0 spiro atoms. The molecule has 0 bridgehead atoms. The Morgan fingerprint density at radius 1 is 0.500 bits per heavy atom. The fourth-order valence-corrected chi connectivity index (χ4v) is 6.26. The molecule has 0 aliphatic carbocycles. The minimum Gasteiger partial charge on any atom is -1.00 e. The van der Waals surface area contributed by atoms with Crippen molar-refractivity contribution in [3.05, 3.63) is 0 Å². The molecule has 0 aromatic rings. The zero-order valence-corrected chi connectivity index (χ0v) is 17.8. The summed E-state index contributed by atoms with van der Waals surface area (Å²) in [5.74, 6) is 0. The Balaban J connectivity index is 0. The Bertz CT molecular complexity index is 170. The van der Waals surface area contributed by atoms with Crippen molar-refractivity contribution in [1.29, 1.82) is 0 Å². The van der Waals surface area contributed by atoms with E-state index in [1.807, 2.05) is 0 Å². The number of rotatable bonds is 14. The molecule has 0 amide bonds. The molecule has 0 unspecified atom stereocenters. The van der Waals surface area contributed by atoms with Crippen molar-refractivity contribution in [2.45, 2.75) is 91.9 Å². The number of hydrogen-bond acceptors (Lipinski definition) is 0. The molecule has 0 nitrogen and oxygen atoms in total. The van der Waals surface area contributed by atoms with Gasteiger partial charge in [0.1, 0.15) is 0 Å². The van der Waals surface area contributed by atoms with Gasteiger partial charge < -0.3 is 24.0 Å².